The molecule has 0 amide bonds. The van der Waals surface area contributed by atoms with Crippen molar-refractivity contribution in [2.45, 2.75) is 33.6 Å². The van der Waals surface area contributed by atoms with Crippen LogP contribution in [-0.4, -0.2) is 0 Å². The maximum Gasteiger partial charge on any atom is -0.0351 e. The van der Waals surface area contributed by atoms with E-state index >= 15 is 0 Å². The first-order valence-electron chi connectivity index (χ1n) is 3.24. The van der Waals surface area contributed by atoms with Crippen molar-refractivity contribution in [2.24, 2.45) is 11.7 Å². The SMILES string of the molecule is CCCC=C(C)C.NN. The van der Waals surface area contributed by atoms with E-state index in [0.717, 1.165) is 0 Å². The summed E-state index contributed by atoms with van der Waals surface area (Å²) in [4.78, 5) is 0. The highest BCUT2D eigenvalue weighted by Crippen LogP contribution is 1.94. The average molecular weight is 130 g/mol. The maximum atomic E-state index is 4.00. The second kappa shape index (κ2) is 10.6. The van der Waals surface area contributed by atoms with Crippen LogP contribution in [-0.2, 0) is 0 Å². The molecule has 0 aromatic heterocycles. The molecule has 0 aromatic rings. The third-order valence-electron chi connectivity index (χ3n) is 0.841. The van der Waals surface area contributed by atoms with Crippen LogP contribution in [0.3, 0.4) is 0 Å². The Kier molecular flexibility index (Phi) is 13.5. The standard InChI is InChI=1S/C7H14.H4N2/c1-4-5-6-7(2)3;1-2/h6H,4-5H2,1-3H3;1-2H2. The molecule has 56 valence electrons. The van der Waals surface area contributed by atoms with E-state index in [2.05, 4.69) is 38.5 Å². The molecule has 0 aliphatic carbocycles. The predicted molar refractivity (Wildman–Crippen MR) is 42.7 cm³/mol. The lowest BCUT2D eigenvalue weighted by Crippen LogP contribution is -2.02. The molecule has 0 unspecified atom stereocenters. The molecule has 0 fully saturated rings. The summed E-state index contributed by atoms with van der Waals surface area (Å²) in [6.07, 6.45) is 4.77. The van der Waals surface area contributed by atoms with Gasteiger partial charge in [-0.25, -0.2) is 0 Å². The average Bonchev–Trinajstić information content (AvgIpc) is 1.88. The summed E-state index contributed by atoms with van der Waals surface area (Å²) in [5.74, 6) is 8.00. The van der Waals surface area contributed by atoms with Crippen LogP contribution in [0.5, 0.6) is 0 Å². The van der Waals surface area contributed by atoms with Crippen LogP contribution < -0.4 is 11.7 Å². The quantitative estimate of drug-likeness (QED) is 0.338. The van der Waals surface area contributed by atoms with Gasteiger partial charge >= 0.3 is 0 Å². The maximum absolute atomic E-state index is 4.00. The molecule has 0 saturated carbocycles. The molecule has 0 atom stereocenters. The van der Waals surface area contributed by atoms with E-state index in [4.69, 9.17) is 0 Å². The van der Waals surface area contributed by atoms with Gasteiger partial charge in [-0.1, -0.05) is 25.0 Å². The van der Waals surface area contributed by atoms with Gasteiger partial charge in [-0.05, 0) is 20.3 Å². The number of hydrazine groups is 1. The van der Waals surface area contributed by atoms with E-state index in [1.165, 1.54) is 18.4 Å². The summed E-state index contributed by atoms with van der Waals surface area (Å²) < 4.78 is 0. The minimum atomic E-state index is 1.24. The van der Waals surface area contributed by atoms with Crippen molar-refractivity contribution < 1.29 is 0 Å². The number of rotatable bonds is 2. The Morgan fingerprint density at radius 2 is 1.78 bits per heavy atom. The van der Waals surface area contributed by atoms with Gasteiger partial charge in [0.25, 0.3) is 0 Å². The Labute approximate surface area is 57.9 Å². The lowest BCUT2D eigenvalue weighted by atomic mass is 10.2. The molecule has 2 heteroatoms. The topological polar surface area (TPSA) is 52.0 Å². The second-order valence-electron chi connectivity index (χ2n) is 2.07. The van der Waals surface area contributed by atoms with Crippen molar-refractivity contribution in [1.29, 1.82) is 0 Å². The molecule has 9 heavy (non-hydrogen) atoms. The lowest BCUT2D eigenvalue weighted by molar-refractivity contribution is 0.948. The first-order chi connectivity index (χ1) is 4.27. The number of nitrogens with two attached hydrogens (primary N) is 2. The minimum Gasteiger partial charge on any atom is -0.274 e. The Morgan fingerprint density at radius 1 is 1.33 bits per heavy atom. The van der Waals surface area contributed by atoms with E-state index in [0.29, 0.717) is 0 Å². The summed E-state index contributed by atoms with van der Waals surface area (Å²) in [7, 11) is 0. The van der Waals surface area contributed by atoms with E-state index < -0.39 is 0 Å². The normalized spacial score (nSPS) is 7.22. The third kappa shape index (κ3) is 18.3. The van der Waals surface area contributed by atoms with Gasteiger partial charge in [-0.3, -0.25) is 11.7 Å². The van der Waals surface area contributed by atoms with E-state index in [9.17, 15) is 0 Å². The van der Waals surface area contributed by atoms with E-state index in [1.54, 1.807) is 0 Å². The number of unbranched alkanes of at least 4 members (excludes halogenated alkanes) is 1. The highest BCUT2D eigenvalue weighted by molar-refractivity contribution is 4.92. The number of hydrogen-bond donors (Lipinski definition) is 2. The van der Waals surface area contributed by atoms with Crippen LogP contribution in [0.1, 0.15) is 33.6 Å². The Morgan fingerprint density at radius 3 is 1.89 bits per heavy atom. The second-order valence-corrected chi connectivity index (χ2v) is 2.07. The van der Waals surface area contributed by atoms with Crippen LogP contribution in [0.25, 0.3) is 0 Å². The van der Waals surface area contributed by atoms with Gasteiger partial charge in [0.15, 0.2) is 0 Å². The van der Waals surface area contributed by atoms with Crippen LogP contribution in [0, 0.1) is 0 Å². The molecular weight excluding hydrogens is 112 g/mol. The molecule has 4 N–H and O–H groups in total. The van der Waals surface area contributed by atoms with Crippen LogP contribution >= 0.6 is 0 Å². The molecular formula is C7H18N2. The predicted octanol–water partition coefficient (Wildman–Crippen LogP) is 1.57. The Bertz CT molecular complexity index is 63.3. The lowest BCUT2D eigenvalue weighted by Gasteiger charge is -1.85. The Balaban J connectivity index is 0. The van der Waals surface area contributed by atoms with E-state index in [-0.39, 0.29) is 0 Å². The fraction of sp³-hybridized carbons (Fsp3) is 0.714. The molecule has 0 heterocycles. The molecule has 0 spiro atoms. The van der Waals surface area contributed by atoms with Crippen molar-refractivity contribution in [3.8, 4) is 0 Å². The zero-order chi connectivity index (χ0) is 7.70. The molecule has 0 aliphatic heterocycles. The number of allylic oxidation sites excluding steroid dienone is 2. The van der Waals surface area contributed by atoms with Crippen molar-refractivity contribution in [3.05, 3.63) is 11.6 Å². The first kappa shape index (κ1) is 11.5. The molecule has 2 nitrogen and oxygen atoms in total. The van der Waals surface area contributed by atoms with Crippen LogP contribution in [0.2, 0.25) is 0 Å². The molecule has 0 aromatic carbocycles. The van der Waals surface area contributed by atoms with Gasteiger partial charge in [0.05, 0.1) is 0 Å². The van der Waals surface area contributed by atoms with Gasteiger partial charge in [-0.15, -0.1) is 0 Å². The zero-order valence-corrected chi connectivity index (χ0v) is 6.65. The van der Waals surface area contributed by atoms with Gasteiger partial charge in [0.1, 0.15) is 0 Å². The van der Waals surface area contributed by atoms with Crippen molar-refractivity contribution >= 4 is 0 Å². The van der Waals surface area contributed by atoms with E-state index in [1.807, 2.05) is 0 Å². The smallest absolute Gasteiger partial charge is 0.0351 e. The first-order valence-corrected chi connectivity index (χ1v) is 3.24. The summed E-state index contributed by atoms with van der Waals surface area (Å²) in [6, 6.07) is 0. The van der Waals surface area contributed by atoms with Gasteiger partial charge in [-0.2, -0.15) is 0 Å². The largest absolute Gasteiger partial charge is 0.274 e. The fourth-order valence-corrected chi connectivity index (χ4v) is 0.433. The molecule has 0 rings (SSSR count). The minimum absolute atomic E-state index is 1.24. The third-order valence-corrected chi connectivity index (χ3v) is 0.841. The summed E-state index contributed by atoms with van der Waals surface area (Å²) in [5.41, 5.74) is 1.43. The molecule has 0 aliphatic rings. The van der Waals surface area contributed by atoms with Crippen molar-refractivity contribution in [3.63, 3.8) is 0 Å². The number of hydrogen-bond acceptors (Lipinski definition) is 2. The highest BCUT2D eigenvalue weighted by atomic mass is 15.0. The highest BCUT2D eigenvalue weighted by Gasteiger charge is 1.73. The summed E-state index contributed by atoms with van der Waals surface area (Å²) >= 11 is 0. The monoisotopic (exact) mass is 130 g/mol. The fourth-order valence-electron chi connectivity index (χ4n) is 0.433. The summed E-state index contributed by atoms with van der Waals surface area (Å²) in [5, 5.41) is 0. The van der Waals surface area contributed by atoms with Gasteiger partial charge in [0.2, 0.25) is 0 Å². The van der Waals surface area contributed by atoms with Crippen LogP contribution in [0.4, 0.5) is 0 Å². The molecule has 0 radical (unpaired) electrons. The Hall–Kier alpha value is -0.340. The van der Waals surface area contributed by atoms with Crippen LogP contribution in [0.15, 0.2) is 11.6 Å². The summed E-state index contributed by atoms with van der Waals surface area (Å²) in [6.45, 7) is 6.46. The molecule has 0 bridgehead atoms. The van der Waals surface area contributed by atoms with Crippen molar-refractivity contribution in [1.82, 2.24) is 0 Å². The van der Waals surface area contributed by atoms with Gasteiger partial charge in [0, 0.05) is 0 Å². The zero-order valence-electron chi connectivity index (χ0n) is 6.65. The van der Waals surface area contributed by atoms with Gasteiger partial charge < -0.3 is 0 Å². The van der Waals surface area contributed by atoms with Crippen molar-refractivity contribution in [2.75, 3.05) is 0 Å². The molecule has 0 saturated heterocycles.